The third-order valence-corrected chi connectivity index (χ3v) is 25.7. The smallest absolute Gasteiger partial charge is 0.159 e. The first kappa shape index (κ1) is 70.8. The molecule has 9 nitrogen and oxygen atoms in total. The van der Waals surface area contributed by atoms with E-state index in [9.17, 15) is 0 Å². The summed E-state index contributed by atoms with van der Waals surface area (Å²) in [5, 5.41) is 24.8. The van der Waals surface area contributed by atoms with E-state index in [2.05, 4.69) is 402 Å². The summed E-state index contributed by atoms with van der Waals surface area (Å²) >= 11 is 0. The number of rotatable bonds is 7. The van der Waals surface area contributed by atoms with Crippen LogP contribution >= 0.6 is 0 Å². The fraction of sp³-hybridized carbons (Fsp3) is 0. The minimum atomic E-state index is 0.901. The number of hydrogen-bond donors (Lipinski definition) is 0. The number of fused-ring (bicyclic) bond motifs is 27. The molecule has 9 heterocycles. The van der Waals surface area contributed by atoms with E-state index in [0.717, 1.165) is 161 Å². The largest absolute Gasteiger partial charge is 0.456 e. The van der Waals surface area contributed by atoms with Crippen LogP contribution in [-0.4, -0.2) is 28.7 Å². The number of hydrogen-bond acceptors (Lipinski definition) is 6. The van der Waals surface area contributed by atoms with Crippen molar-refractivity contribution in [1.29, 1.82) is 0 Å². The second-order valence-electron chi connectivity index (χ2n) is 32.7. The average molecular weight is 1610 g/mol. The Kier molecular flexibility index (Phi) is 15.9. The summed E-state index contributed by atoms with van der Waals surface area (Å²) in [5.74, 6) is 0. The van der Waals surface area contributed by atoms with Crippen molar-refractivity contribution in [2.75, 3.05) is 0 Å². The topological polar surface area (TPSA) is 92.9 Å². The predicted molar refractivity (Wildman–Crippen MR) is 524 cm³/mol. The van der Waals surface area contributed by atoms with E-state index in [1.165, 1.54) is 97.5 Å². The van der Waals surface area contributed by atoms with Gasteiger partial charge in [0.05, 0.1) is 72.4 Å². The molecule has 126 heavy (non-hydrogen) atoms. The molecule has 9 aromatic heterocycles. The second kappa shape index (κ2) is 28.3. The van der Waals surface area contributed by atoms with Gasteiger partial charge in [0.2, 0.25) is 0 Å². The van der Waals surface area contributed by atoms with E-state index in [4.69, 9.17) is 28.2 Å². The molecule has 0 aliphatic carbocycles. The monoisotopic (exact) mass is 1610 g/mol. The second-order valence-corrected chi connectivity index (χ2v) is 32.7. The van der Waals surface area contributed by atoms with Crippen molar-refractivity contribution in [2.24, 2.45) is 0 Å². The van der Waals surface area contributed by atoms with Crippen LogP contribution in [0.3, 0.4) is 0 Å². The fourth-order valence-corrected chi connectivity index (χ4v) is 20.1. The van der Waals surface area contributed by atoms with Crippen LogP contribution in [0, 0.1) is 0 Å². The Labute approximate surface area is 720 Å². The van der Waals surface area contributed by atoms with Crippen LogP contribution in [0.5, 0.6) is 0 Å². The molecule has 28 aromatic rings. The standard InChI is InChI=1S/C43H26N2O.2C37H22N2O/c1-2-14-35-31(10-1)32-11-3-6-17-38(32)44-42(35)28-22-25-40-37(26-28)33-12-4-7-18-39(33)45(40)29-23-20-27(21-24-29)30-15-9-16-36-34-13-5-8-19-41(34)46-43(30)36;1-2-14-28-24(10-1)25-11-3-6-16-31(25)38-36(28)23-20-21-33-30(22-23)26-12-4-7-17-32(26)39(33)34-18-9-15-29-27-13-5-8-19-35(27)40-37(29)34;1-2-13-29-25(9-1)26-10-3-6-14-32(26)38-37(29)23-17-19-34-30(21-23)27-11-4-7-15-33(27)39(34)24-18-20-36-31(22-24)28-12-5-8-16-35(28)40-36/h1-26H;2*1-22H. The highest BCUT2D eigenvalue weighted by molar-refractivity contribution is 6.20. The first-order valence-corrected chi connectivity index (χ1v) is 42.8. The SMILES string of the molecule is c1ccc2c(c1)nc(-c1ccc3c(c1)c1ccccc1n3-c1ccc(-c3cccc4c3oc3ccccc34)cc1)c1ccccc12.c1ccc2c(c1)nc(-c1ccc3c(c1)c1ccccc1n3-c1ccc3oc4ccccc4c3c1)c1ccccc12.c1ccc2c(c1)nc(-c1ccc3c(c1)c1ccccc1n3-c1cccc3c1oc1ccccc13)c1ccccc12. The molecule has 0 saturated heterocycles. The molecular weight excluding hydrogens is 1540 g/mol. The quantitative estimate of drug-likeness (QED) is 0.148. The number of aromatic nitrogens is 6. The Balaban J connectivity index is 0.000000101. The third-order valence-electron chi connectivity index (χ3n) is 25.7. The van der Waals surface area contributed by atoms with Gasteiger partial charge >= 0.3 is 0 Å². The van der Waals surface area contributed by atoms with Gasteiger partial charge in [0, 0.05) is 131 Å². The molecule has 0 amide bonds. The summed E-state index contributed by atoms with van der Waals surface area (Å²) in [4.78, 5) is 15.5. The van der Waals surface area contributed by atoms with E-state index in [1.807, 2.05) is 36.4 Å². The van der Waals surface area contributed by atoms with Crippen molar-refractivity contribution in [1.82, 2.24) is 28.7 Å². The van der Waals surface area contributed by atoms with Gasteiger partial charge in [0.25, 0.3) is 0 Å². The maximum Gasteiger partial charge on any atom is 0.159 e. The Morgan fingerprint density at radius 1 is 0.167 bits per heavy atom. The molecule has 586 valence electrons. The summed E-state index contributed by atoms with van der Waals surface area (Å²) < 4.78 is 26.0. The summed E-state index contributed by atoms with van der Waals surface area (Å²) in [6, 6.07) is 150. The first-order chi connectivity index (χ1) is 62.5. The zero-order valence-corrected chi connectivity index (χ0v) is 67.8. The molecule has 0 bridgehead atoms. The summed E-state index contributed by atoms with van der Waals surface area (Å²) in [5.41, 5.74) is 27.4. The molecule has 0 saturated carbocycles. The molecular formula is C117H70N6O3. The van der Waals surface area contributed by atoms with E-state index < -0.39 is 0 Å². The van der Waals surface area contributed by atoms with E-state index >= 15 is 0 Å². The number of para-hydroxylation sites is 11. The number of pyridine rings is 3. The van der Waals surface area contributed by atoms with Gasteiger partial charge in [-0.2, -0.15) is 0 Å². The molecule has 0 aliphatic rings. The van der Waals surface area contributed by atoms with E-state index in [-0.39, 0.29) is 0 Å². The van der Waals surface area contributed by atoms with Crippen LogP contribution < -0.4 is 0 Å². The van der Waals surface area contributed by atoms with Gasteiger partial charge in [0.1, 0.15) is 27.9 Å². The van der Waals surface area contributed by atoms with Crippen molar-refractivity contribution < 1.29 is 13.3 Å². The summed E-state index contributed by atoms with van der Waals surface area (Å²) in [6.45, 7) is 0. The van der Waals surface area contributed by atoms with Gasteiger partial charge in [-0.3, -0.25) is 0 Å². The molecule has 19 aromatic carbocycles. The summed E-state index contributed by atoms with van der Waals surface area (Å²) in [6.07, 6.45) is 0. The number of nitrogens with zero attached hydrogens (tertiary/aromatic N) is 6. The van der Waals surface area contributed by atoms with E-state index in [0.29, 0.717) is 0 Å². The summed E-state index contributed by atoms with van der Waals surface area (Å²) in [7, 11) is 0. The van der Waals surface area contributed by atoms with Gasteiger partial charge in [0.15, 0.2) is 5.58 Å². The lowest BCUT2D eigenvalue weighted by Gasteiger charge is -2.11. The molecule has 0 aliphatic heterocycles. The van der Waals surface area contributed by atoms with Gasteiger partial charge in [-0.25, -0.2) is 15.0 Å². The molecule has 0 spiro atoms. The van der Waals surface area contributed by atoms with Crippen LogP contribution in [0.25, 0.3) is 258 Å². The van der Waals surface area contributed by atoms with Crippen LogP contribution in [0.2, 0.25) is 0 Å². The maximum atomic E-state index is 6.46. The van der Waals surface area contributed by atoms with Gasteiger partial charge in [-0.15, -0.1) is 0 Å². The number of benzene rings is 19. The van der Waals surface area contributed by atoms with Crippen molar-refractivity contribution in [3.8, 4) is 62.0 Å². The highest BCUT2D eigenvalue weighted by atomic mass is 16.3. The molecule has 0 atom stereocenters. The predicted octanol–water partition coefficient (Wildman–Crippen LogP) is 31.8. The minimum Gasteiger partial charge on any atom is -0.456 e. The lowest BCUT2D eigenvalue weighted by molar-refractivity contribution is 0.666. The van der Waals surface area contributed by atoms with Gasteiger partial charge in [-0.1, -0.05) is 297 Å². The Bertz CT molecular complexity index is 9390. The fourth-order valence-electron chi connectivity index (χ4n) is 20.1. The zero-order valence-electron chi connectivity index (χ0n) is 67.8. The Morgan fingerprint density at radius 2 is 0.476 bits per heavy atom. The van der Waals surface area contributed by atoms with Gasteiger partial charge in [-0.05, 0) is 149 Å². The van der Waals surface area contributed by atoms with Crippen LogP contribution in [0.15, 0.2) is 438 Å². The lowest BCUT2D eigenvalue weighted by Crippen LogP contribution is -1.94. The van der Waals surface area contributed by atoms with Crippen LogP contribution in [-0.2, 0) is 0 Å². The third kappa shape index (κ3) is 11.1. The molecule has 0 unspecified atom stereocenters. The molecule has 9 heteroatoms. The van der Waals surface area contributed by atoms with Crippen LogP contribution in [0.1, 0.15) is 0 Å². The van der Waals surface area contributed by atoms with Gasteiger partial charge < -0.3 is 27.0 Å². The van der Waals surface area contributed by atoms with Crippen LogP contribution in [0.4, 0.5) is 0 Å². The zero-order chi connectivity index (χ0) is 82.6. The molecule has 28 rings (SSSR count). The highest BCUT2D eigenvalue weighted by Crippen LogP contribution is 2.46. The molecule has 0 N–H and O–H groups in total. The highest BCUT2D eigenvalue weighted by Gasteiger charge is 2.24. The Hall–Kier alpha value is -17.0. The van der Waals surface area contributed by atoms with E-state index in [1.54, 1.807) is 0 Å². The minimum absolute atomic E-state index is 0.901. The van der Waals surface area contributed by atoms with Crippen molar-refractivity contribution >= 4 is 196 Å². The first-order valence-electron chi connectivity index (χ1n) is 42.8. The number of furan rings is 3. The normalized spacial score (nSPS) is 12.0. The van der Waals surface area contributed by atoms with Crippen molar-refractivity contribution in [3.63, 3.8) is 0 Å². The molecule has 0 radical (unpaired) electrons. The van der Waals surface area contributed by atoms with Crippen molar-refractivity contribution in [2.45, 2.75) is 0 Å². The average Bonchev–Trinajstić information content (AvgIpc) is 1.54. The maximum absolute atomic E-state index is 6.46. The molecule has 0 fully saturated rings. The Morgan fingerprint density at radius 3 is 0.944 bits per heavy atom. The van der Waals surface area contributed by atoms with Crippen molar-refractivity contribution in [3.05, 3.63) is 425 Å². The lowest BCUT2D eigenvalue weighted by atomic mass is 9.99.